The van der Waals surface area contributed by atoms with Gasteiger partial charge in [0.2, 0.25) is 0 Å². The first-order valence-electron chi connectivity index (χ1n) is 9.48. The minimum atomic E-state index is -0.265. The number of para-hydroxylation sites is 2. The second-order valence-electron chi connectivity index (χ2n) is 6.81. The van der Waals surface area contributed by atoms with Crippen LogP contribution in [0.5, 0.6) is 11.5 Å². The molecule has 1 unspecified atom stereocenters. The molecule has 1 N–H and O–H groups in total. The van der Waals surface area contributed by atoms with Crippen molar-refractivity contribution in [2.24, 2.45) is 0 Å². The number of carbonyl (C=O) groups is 1. The lowest BCUT2D eigenvalue weighted by molar-refractivity contribution is 0.0759. The maximum absolute atomic E-state index is 12.5. The summed E-state index contributed by atoms with van der Waals surface area (Å²) in [6.07, 6.45) is 3.22. The van der Waals surface area contributed by atoms with Crippen molar-refractivity contribution < 1.29 is 14.3 Å². The van der Waals surface area contributed by atoms with E-state index < -0.39 is 0 Å². The molecular formula is C22H18N4O3S. The molecule has 30 heavy (non-hydrogen) atoms. The van der Waals surface area contributed by atoms with Crippen molar-refractivity contribution in [3.8, 4) is 22.1 Å². The Kier molecular flexibility index (Phi) is 4.90. The number of amides is 1. The van der Waals surface area contributed by atoms with E-state index in [-0.39, 0.29) is 12.0 Å². The lowest BCUT2D eigenvalue weighted by Crippen LogP contribution is -2.33. The van der Waals surface area contributed by atoms with Crippen LogP contribution in [0.3, 0.4) is 0 Å². The van der Waals surface area contributed by atoms with E-state index in [0.717, 1.165) is 22.1 Å². The molecule has 0 saturated carbocycles. The Morgan fingerprint density at radius 1 is 1.13 bits per heavy atom. The highest BCUT2D eigenvalue weighted by atomic mass is 32.1. The van der Waals surface area contributed by atoms with Crippen molar-refractivity contribution in [2.75, 3.05) is 11.9 Å². The highest BCUT2D eigenvalue weighted by molar-refractivity contribution is 7.13. The number of aromatic nitrogens is 3. The third kappa shape index (κ3) is 3.90. The van der Waals surface area contributed by atoms with Gasteiger partial charge in [-0.1, -0.05) is 42.5 Å². The molecule has 0 saturated heterocycles. The molecule has 2 aromatic carbocycles. The second-order valence-corrected chi connectivity index (χ2v) is 7.66. The van der Waals surface area contributed by atoms with Crippen LogP contribution in [0.4, 0.5) is 5.69 Å². The van der Waals surface area contributed by atoms with E-state index in [1.807, 2.05) is 54.6 Å². The van der Waals surface area contributed by atoms with E-state index in [1.165, 1.54) is 11.3 Å². The number of rotatable bonds is 5. The number of hydrogen-bond donors (Lipinski definition) is 1. The Balaban J connectivity index is 1.21. The first-order chi connectivity index (χ1) is 14.7. The molecule has 8 heteroatoms. The van der Waals surface area contributed by atoms with Gasteiger partial charge in [0.1, 0.15) is 17.3 Å². The van der Waals surface area contributed by atoms with Crippen LogP contribution < -0.4 is 14.8 Å². The molecule has 150 valence electrons. The van der Waals surface area contributed by atoms with Gasteiger partial charge in [-0.2, -0.15) is 5.10 Å². The lowest BCUT2D eigenvalue weighted by Gasteiger charge is -2.26. The van der Waals surface area contributed by atoms with Gasteiger partial charge in [-0.25, -0.2) is 4.98 Å². The summed E-state index contributed by atoms with van der Waals surface area (Å²) in [6.45, 7) is 0.957. The maximum atomic E-state index is 12.5. The summed E-state index contributed by atoms with van der Waals surface area (Å²) in [7, 11) is 0. The molecule has 1 atom stereocenters. The van der Waals surface area contributed by atoms with Gasteiger partial charge in [0.05, 0.1) is 18.4 Å². The lowest BCUT2D eigenvalue weighted by atomic mass is 10.2. The van der Waals surface area contributed by atoms with E-state index >= 15 is 0 Å². The smallest absolute Gasteiger partial charge is 0.275 e. The zero-order valence-corrected chi connectivity index (χ0v) is 16.7. The predicted octanol–water partition coefficient (Wildman–Crippen LogP) is 4.10. The Morgan fingerprint density at radius 3 is 2.80 bits per heavy atom. The molecule has 0 radical (unpaired) electrons. The third-order valence-electron chi connectivity index (χ3n) is 4.61. The van der Waals surface area contributed by atoms with Crippen molar-refractivity contribution in [3.63, 3.8) is 0 Å². The van der Waals surface area contributed by atoms with Gasteiger partial charge < -0.3 is 14.8 Å². The minimum absolute atomic E-state index is 0.157. The molecule has 2 aromatic heterocycles. The van der Waals surface area contributed by atoms with Gasteiger partial charge in [-0.15, -0.1) is 11.3 Å². The van der Waals surface area contributed by atoms with Crippen molar-refractivity contribution in [1.82, 2.24) is 14.8 Å². The number of ether oxygens (including phenoxy) is 2. The first-order valence-corrected chi connectivity index (χ1v) is 10.4. The summed E-state index contributed by atoms with van der Waals surface area (Å²) >= 11 is 1.44. The number of fused-ring (bicyclic) bond motifs is 1. The number of carbonyl (C=O) groups excluding carboxylic acids is 1. The molecule has 0 fully saturated rings. The molecule has 1 amide bonds. The molecule has 5 rings (SSSR count). The topological polar surface area (TPSA) is 78.3 Å². The van der Waals surface area contributed by atoms with E-state index in [2.05, 4.69) is 15.4 Å². The van der Waals surface area contributed by atoms with Gasteiger partial charge in [-0.3, -0.25) is 9.48 Å². The van der Waals surface area contributed by atoms with Gasteiger partial charge in [0.15, 0.2) is 17.6 Å². The van der Waals surface area contributed by atoms with Crippen LogP contribution >= 0.6 is 11.3 Å². The fourth-order valence-electron chi connectivity index (χ4n) is 3.18. The Hall–Kier alpha value is -3.65. The summed E-state index contributed by atoms with van der Waals surface area (Å²) in [5, 5.41) is 9.73. The summed E-state index contributed by atoms with van der Waals surface area (Å²) in [5.41, 5.74) is 1.98. The summed E-state index contributed by atoms with van der Waals surface area (Å²) < 4.78 is 13.4. The molecule has 1 aliphatic heterocycles. The Morgan fingerprint density at radius 2 is 1.93 bits per heavy atom. The molecule has 0 aliphatic carbocycles. The van der Waals surface area contributed by atoms with Crippen molar-refractivity contribution >= 4 is 22.9 Å². The minimum Gasteiger partial charge on any atom is -0.486 e. The van der Waals surface area contributed by atoms with E-state index in [9.17, 15) is 4.79 Å². The number of hydrogen-bond acceptors (Lipinski definition) is 6. The average Bonchev–Trinajstić information content (AvgIpc) is 3.44. The molecule has 0 bridgehead atoms. The van der Waals surface area contributed by atoms with E-state index in [0.29, 0.717) is 24.5 Å². The van der Waals surface area contributed by atoms with Crippen LogP contribution in [0, 0.1) is 0 Å². The molecule has 3 heterocycles. The van der Waals surface area contributed by atoms with Crippen LogP contribution in [-0.2, 0) is 6.54 Å². The zero-order valence-electron chi connectivity index (χ0n) is 15.9. The third-order valence-corrected chi connectivity index (χ3v) is 5.50. The molecular weight excluding hydrogens is 400 g/mol. The zero-order chi connectivity index (χ0) is 20.3. The maximum Gasteiger partial charge on any atom is 0.275 e. The Bertz CT molecular complexity index is 1170. The standard InChI is InChI=1S/C22H18N4O3S/c27-21(18-14-30-22(25-18)15-6-2-1-3-7-15)24-16-10-23-26(11-16)12-17-13-28-19-8-4-5-9-20(19)29-17/h1-11,14,17H,12-13H2,(H,24,27). The molecule has 1 aliphatic rings. The molecule has 7 nitrogen and oxygen atoms in total. The number of nitrogens with zero attached hydrogens (tertiary/aromatic N) is 3. The van der Waals surface area contributed by atoms with Crippen molar-refractivity contribution in [2.45, 2.75) is 12.6 Å². The number of benzene rings is 2. The van der Waals surface area contributed by atoms with Crippen LogP contribution in [0.2, 0.25) is 0 Å². The SMILES string of the molecule is O=C(Nc1cnn(CC2COc3ccccc3O2)c1)c1csc(-c2ccccc2)n1. The van der Waals surface area contributed by atoms with Crippen molar-refractivity contribution in [1.29, 1.82) is 0 Å². The molecule has 4 aromatic rings. The van der Waals surface area contributed by atoms with Gasteiger partial charge in [0, 0.05) is 17.1 Å². The van der Waals surface area contributed by atoms with Crippen LogP contribution in [0.15, 0.2) is 72.4 Å². The van der Waals surface area contributed by atoms with Gasteiger partial charge >= 0.3 is 0 Å². The number of nitrogens with one attached hydrogen (secondary N) is 1. The molecule has 0 spiro atoms. The highest BCUT2D eigenvalue weighted by Crippen LogP contribution is 2.31. The van der Waals surface area contributed by atoms with E-state index in [1.54, 1.807) is 22.5 Å². The van der Waals surface area contributed by atoms with Crippen LogP contribution in [0.1, 0.15) is 10.5 Å². The van der Waals surface area contributed by atoms with Crippen molar-refractivity contribution in [3.05, 3.63) is 78.1 Å². The van der Waals surface area contributed by atoms with Crippen LogP contribution in [0.25, 0.3) is 10.6 Å². The van der Waals surface area contributed by atoms with Gasteiger partial charge in [0.25, 0.3) is 5.91 Å². The fourth-order valence-corrected chi connectivity index (χ4v) is 3.98. The fraction of sp³-hybridized carbons (Fsp3) is 0.136. The highest BCUT2D eigenvalue weighted by Gasteiger charge is 2.21. The quantitative estimate of drug-likeness (QED) is 0.528. The van der Waals surface area contributed by atoms with Crippen LogP contribution in [-0.4, -0.2) is 33.4 Å². The predicted molar refractivity (Wildman–Crippen MR) is 114 cm³/mol. The summed E-state index contributed by atoms with van der Waals surface area (Å²) in [6, 6.07) is 17.4. The number of thiazole rings is 1. The Labute approximate surface area is 176 Å². The second kappa shape index (κ2) is 8.00. The summed E-state index contributed by atoms with van der Waals surface area (Å²) in [5.74, 6) is 1.21. The van der Waals surface area contributed by atoms with E-state index in [4.69, 9.17) is 9.47 Å². The first kappa shape index (κ1) is 18.4. The normalized spacial score (nSPS) is 15.0. The summed E-state index contributed by atoms with van der Waals surface area (Å²) in [4.78, 5) is 17.0. The van der Waals surface area contributed by atoms with Gasteiger partial charge in [-0.05, 0) is 12.1 Å². The monoisotopic (exact) mass is 418 g/mol. The number of anilines is 1. The largest absolute Gasteiger partial charge is 0.486 e. The average molecular weight is 418 g/mol.